The molecule has 0 aliphatic carbocycles. The van der Waals surface area contributed by atoms with Crippen LogP contribution in [0.2, 0.25) is 0 Å². The normalized spacial score (nSPS) is 10.8. The van der Waals surface area contributed by atoms with E-state index in [1.54, 1.807) is 0 Å². The van der Waals surface area contributed by atoms with Gasteiger partial charge in [-0.1, -0.05) is 0 Å². The summed E-state index contributed by atoms with van der Waals surface area (Å²) in [6.07, 6.45) is 1.68. The average Bonchev–Trinajstić information content (AvgIpc) is 1.99. The molecule has 4 heteroatoms. The molecule has 0 aliphatic rings. The van der Waals surface area contributed by atoms with Crippen LogP contribution in [0.3, 0.4) is 0 Å². The van der Waals surface area contributed by atoms with Gasteiger partial charge in [-0.2, -0.15) is 12.6 Å². The molecule has 0 unspecified atom stereocenters. The molecule has 0 aromatic rings. The number of carbonyl (C=O) groups excluding carboxylic acids is 2. The lowest BCUT2D eigenvalue weighted by molar-refractivity contribution is -0.135. The van der Waals surface area contributed by atoms with Crippen LogP contribution in [-0.4, -0.2) is 25.1 Å². The van der Waals surface area contributed by atoms with Crippen LogP contribution in [0.25, 0.3) is 0 Å². The van der Waals surface area contributed by atoms with E-state index in [-0.39, 0.29) is 5.75 Å². The second-order valence-electron chi connectivity index (χ2n) is 1.52. The summed E-state index contributed by atoms with van der Waals surface area (Å²) in [5, 5.41) is 0. The van der Waals surface area contributed by atoms with Gasteiger partial charge in [0.2, 0.25) is 0 Å². The Bertz CT molecular complexity index is 162. The quantitative estimate of drug-likeness (QED) is 0.278. The van der Waals surface area contributed by atoms with Gasteiger partial charge in [-0.05, 0) is 0 Å². The molecule has 0 amide bonds. The first-order chi connectivity index (χ1) is 4.74. The lowest BCUT2D eigenvalue weighted by atomic mass is 10.3. The van der Waals surface area contributed by atoms with Crippen LogP contribution >= 0.6 is 12.6 Å². The summed E-state index contributed by atoms with van der Waals surface area (Å²) in [6, 6.07) is 0. The van der Waals surface area contributed by atoms with Crippen molar-refractivity contribution in [1.29, 1.82) is 0 Å². The molecular formula is C6H8O3S. The molecule has 0 bridgehead atoms. The van der Waals surface area contributed by atoms with E-state index in [0.29, 0.717) is 11.9 Å². The van der Waals surface area contributed by atoms with Gasteiger partial charge in [-0.15, -0.1) is 0 Å². The zero-order chi connectivity index (χ0) is 7.98. The highest BCUT2D eigenvalue weighted by atomic mass is 32.1. The van der Waals surface area contributed by atoms with E-state index in [1.807, 2.05) is 0 Å². The Hall–Kier alpha value is -0.770. The van der Waals surface area contributed by atoms with E-state index in [4.69, 9.17) is 0 Å². The molecule has 0 spiro atoms. The van der Waals surface area contributed by atoms with Gasteiger partial charge < -0.3 is 4.74 Å². The highest BCUT2D eigenvalue weighted by Gasteiger charge is 1.96. The Kier molecular flexibility index (Phi) is 4.66. The molecule has 0 saturated carbocycles. The molecule has 3 nitrogen and oxygen atoms in total. The molecular weight excluding hydrogens is 152 g/mol. The van der Waals surface area contributed by atoms with Crippen LogP contribution in [0.15, 0.2) is 11.6 Å². The average molecular weight is 160 g/mol. The number of rotatable bonds is 3. The third kappa shape index (κ3) is 3.29. The van der Waals surface area contributed by atoms with Crippen molar-refractivity contribution in [1.82, 2.24) is 0 Å². The lowest BCUT2D eigenvalue weighted by Gasteiger charge is -1.91. The third-order valence-electron chi connectivity index (χ3n) is 0.838. The fraction of sp³-hybridized carbons (Fsp3) is 0.333. The minimum atomic E-state index is -0.531. The van der Waals surface area contributed by atoms with Gasteiger partial charge >= 0.3 is 5.97 Å². The first kappa shape index (κ1) is 9.23. The topological polar surface area (TPSA) is 43.4 Å². The highest BCUT2D eigenvalue weighted by Crippen LogP contribution is 1.92. The van der Waals surface area contributed by atoms with E-state index in [2.05, 4.69) is 17.4 Å². The molecule has 10 heavy (non-hydrogen) atoms. The number of carbonyl (C=O) groups is 2. The van der Waals surface area contributed by atoms with E-state index in [9.17, 15) is 9.59 Å². The molecule has 0 rings (SSSR count). The first-order valence-electron chi connectivity index (χ1n) is 2.59. The number of thiol groups is 1. The number of hydrogen-bond acceptors (Lipinski definition) is 4. The van der Waals surface area contributed by atoms with Crippen LogP contribution in [0.5, 0.6) is 0 Å². The fourth-order valence-electron chi connectivity index (χ4n) is 0.327. The number of esters is 1. The van der Waals surface area contributed by atoms with Crippen molar-refractivity contribution in [2.45, 2.75) is 0 Å². The summed E-state index contributed by atoms with van der Waals surface area (Å²) < 4.78 is 4.28. The highest BCUT2D eigenvalue weighted by molar-refractivity contribution is 7.80. The van der Waals surface area contributed by atoms with Gasteiger partial charge in [0, 0.05) is 17.4 Å². The molecule has 0 radical (unpaired) electrons. The Labute approximate surface area is 64.5 Å². The summed E-state index contributed by atoms with van der Waals surface area (Å²) in [7, 11) is 1.25. The van der Waals surface area contributed by atoms with E-state index in [0.717, 1.165) is 6.08 Å². The van der Waals surface area contributed by atoms with Crippen LogP contribution in [0.1, 0.15) is 0 Å². The monoisotopic (exact) mass is 160 g/mol. The zero-order valence-electron chi connectivity index (χ0n) is 5.53. The summed E-state index contributed by atoms with van der Waals surface area (Å²) >= 11 is 3.80. The summed E-state index contributed by atoms with van der Waals surface area (Å²) in [4.78, 5) is 20.5. The van der Waals surface area contributed by atoms with E-state index in [1.165, 1.54) is 7.11 Å². The maximum atomic E-state index is 10.4. The SMILES string of the molecule is COC(=O)C=C(C=O)CS. The van der Waals surface area contributed by atoms with Gasteiger partial charge in [-0.3, -0.25) is 4.79 Å². The van der Waals surface area contributed by atoms with Crippen LogP contribution in [0.4, 0.5) is 0 Å². The summed E-state index contributed by atoms with van der Waals surface area (Å²) in [5.41, 5.74) is 0.315. The smallest absolute Gasteiger partial charge is 0.330 e. The molecule has 0 atom stereocenters. The van der Waals surface area contributed by atoms with Gasteiger partial charge in [0.05, 0.1) is 7.11 Å². The van der Waals surface area contributed by atoms with Crippen molar-refractivity contribution >= 4 is 24.9 Å². The largest absolute Gasteiger partial charge is 0.466 e. The number of aldehydes is 1. The maximum Gasteiger partial charge on any atom is 0.330 e. The molecule has 56 valence electrons. The van der Waals surface area contributed by atoms with Crippen LogP contribution in [0, 0.1) is 0 Å². The van der Waals surface area contributed by atoms with Gasteiger partial charge in [-0.25, -0.2) is 4.79 Å². The maximum absolute atomic E-state index is 10.4. The lowest BCUT2D eigenvalue weighted by Crippen LogP contribution is -1.98. The van der Waals surface area contributed by atoms with E-state index < -0.39 is 5.97 Å². The van der Waals surface area contributed by atoms with Gasteiger partial charge in [0.15, 0.2) is 0 Å². The van der Waals surface area contributed by atoms with Crippen LogP contribution in [-0.2, 0) is 14.3 Å². The summed E-state index contributed by atoms with van der Waals surface area (Å²) in [6.45, 7) is 0. The molecule has 0 aromatic carbocycles. The molecule has 0 fully saturated rings. The Morgan fingerprint density at radius 1 is 1.70 bits per heavy atom. The van der Waals surface area contributed by atoms with Crippen molar-refractivity contribution in [2.75, 3.05) is 12.9 Å². The molecule has 0 saturated heterocycles. The summed E-state index contributed by atoms with van der Waals surface area (Å²) in [5.74, 6) is -0.283. The standard InChI is InChI=1S/C6H8O3S/c1-9-6(8)2-5(3-7)4-10/h2-3,10H,4H2,1H3. The predicted molar refractivity (Wildman–Crippen MR) is 40.0 cm³/mol. The predicted octanol–water partition coefficient (Wildman–Crippen LogP) is 0.214. The second-order valence-corrected chi connectivity index (χ2v) is 1.83. The Morgan fingerprint density at radius 2 is 2.30 bits per heavy atom. The third-order valence-corrected chi connectivity index (χ3v) is 1.20. The minimum absolute atomic E-state index is 0.249. The van der Waals surface area contributed by atoms with Crippen molar-refractivity contribution in [3.05, 3.63) is 11.6 Å². The molecule has 0 aromatic heterocycles. The molecule has 0 aliphatic heterocycles. The van der Waals surface area contributed by atoms with Gasteiger partial charge in [0.1, 0.15) is 6.29 Å². The Morgan fingerprint density at radius 3 is 2.60 bits per heavy atom. The van der Waals surface area contributed by atoms with E-state index >= 15 is 0 Å². The Balaban J connectivity index is 4.09. The van der Waals surface area contributed by atoms with Crippen molar-refractivity contribution in [2.24, 2.45) is 0 Å². The number of hydrogen-bond donors (Lipinski definition) is 1. The fourth-order valence-corrected chi connectivity index (χ4v) is 0.493. The van der Waals surface area contributed by atoms with Crippen molar-refractivity contribution in [3.63, 3.8) is 0 Å². The number of ether oxygens (including phenoxy) is 1. The van der Waals surface area contributed by atoms with Crippen LogP contribution < -0.4 is 0 Å². The van der Waals surface area contributed by atoms with Crippen molar-refractivity contribution < 1.29 is 14.3 Å². The van der Waals surface area contributed by atoms with Crippen molar-refractivity contribution in [3.8, 4) is 0 Å². The molecule has 0 N–H and O–H groups in total. The molecule has 0 heterocycles. The zero-order valence-corrected chi connectivity index (χ0v) is 6.43. The second kappa shape index (κ2) is 5.05. The van der Waals surface area contributed by atoms with Gasteiger partial charge in [0.25, 0.3) is 0 Å². The first-order valence-corrected chi connectivity index (χ1v) is 3.22. The minimum Gasteiger partial charge on any atom is -0.466 e. The number of methoxy groups -OCH3 is 1.